The summed E-state index contributed by atoms with van der Waals surface area (Å²) < 4.78 is 16.5. The number of hydrogen-bond donors (Lipinski definition) is 1. The molecule has 1 unspecified atom stereocenters. The van der Waals surface area contributed by atoms with Gasteiger partial charge in [0, 0.05) is 12.0 Å². The summed E-state index contributed by atoms with van der Waals surface area (Å²) in [5.74, 6) is 0.345. The Bertz CT molecular complexity index is 988. The van der Waals surface area contributed by atoms with E-state index in [1.165, 1.54) is 0 Å². The van der Waals surface area contributed by atoms with Crippen molar-refractivity contribution in [2.24, 2.45) is 0 Å². The normalized spacial score (nSPS) is 17.5. The molecule has 4 rings (SSSR count). The highest BCUT2D eigenvalue weighted by molar-refractivity contribution is 5.97. The smallest absolute Gasteiger partial charge is 0.417 e. The van der Waals surface area contributed by atoms with Crippen molar-refractivity contribution in [3.63, 3.8) is 0 Å². The number of rotatable bonds is 7. The lowest BCUT2D eigenvalue weighted by molar-refractivity contribution is -0.128. The van der Waals surface area contributed by atoms with Gasteiger partial charge in [-0.2, -0.15) is 0 Å². The monoisotopic (exact) mass is 424 g/mol. The van der Waals surface area contributed by atoms with Crippen LogP contribution < -0.4 is 14.8 Å². The average Bonchev–Trinajstić information content (AvgIpc) is 3.24. The van der Waals surface area contributed by atoms with Crippen molar-refractivity contribution >= 4 is 17.9 Å². The van der Waals surface area contributed by atoms with E-state index >= 15 is 0 Å². The Hall–Kier alpha value is -3.55. The largest absolute Gasteiger partial charge is 0.483 e. The molecule has 2 aliphatic rings. The molecular formula is C23H24N2O6. The summed E-state index contributed by atoms with van der Waals surface area (Å²) in [6.07, 6.45) is 0.0537. The van der Waals surface area contributed by atoms with Crippen molar-refractivity contribution in [2.45, 2.75) is 31.9 Å². The van der Waals surface area contributed by atoms with Crippen LogP contribution >= 0.6 is 0 Å². The first kappa shape index (κ1) is 20.7. The first-order valence-corrected chi connectivity index (χ1v) is 10.1. The minimum atomic E-state index is -0.712. The molecule has 1 atom stereocenters. The second kappa shape index (κ2) is 8.29. The fourth-order valence-corrected chi connectivity index (χ4v) is 3.74. The Balaban J connectivity index is 1.43. The maximum Gasteiger partial charge on any atom is 0.417 e. The number of cyclic esters (lactones) is 1. The van der Waals surface area contributed by atoms with E-state index in [-0.39, 0.29) is 31.3 Å². The van der Waals surface area contributed by atoms with Crippen LogP contribution in [0.15, 0.2) is 48.5 Å². The molecule has 0 bridgehead atoms. The zero-order valence-electron chi connectivity index (χ0n) is 17.4. The Kier molecular flexibility index (Phi) is 5.54. The van der Waals surface area contributed by atoms with E-state index in [1.807, 2.05) is 56.3 Å². The van der Waals surface area contributed by atoms with Gasteiger partial charge in [0.05, 0.1) is 12.6 Å². The SMILES string of the molecule is CC1(C)Cc2cccc(OCC(=O)NC(CN3C(=O)COC3=O)c3ccccc3)c2O1. The Morgan fingerprint density at radius 2 is 1.94 bits per heavy atom. The maximum absolute atomic E-state index is 12.7. The molecule has 1 N–H and O–H groups in total. The Morgan fingerprint density at radius 3 is 2.65 bits per heavy atom. The van der Waals surface area contributed by atoms with Crippen molar-refractivity contribution in [3.05, 3.63) is 59.7 Å². The van der Waals surface area contributed by atoms with Gasteiger partial charge in [-0.05, 0) is 25.5 Å². The van der Waals surface area contributed by atoms with Crippen LogP contribution in [-0.2, 0) is 20.7 Å². The van der Waals surface area contributed by atoms with Crippen LogP contribution in [0, 0.1) is 0 Å². The third kappa shape index (κ3) is 4.63. The van der Waals surface area contributed by atoms with Crippen LogP contribution in [-0.4, -0.2) is 48.2 Å². The van der Waals surface area contributed by atoms with Crippen LogP contribution in [0.2, 0.25) is 0 Å². The van der Waals surface area contributed by atoms with E-state index in [9.17, 15) is 14.4 Å². The van der Waals surface area contributed by atoms with Gasteiger partial charge in [0.15, 0.2) is 24.7 Å². The quantitative estimate of drug-likeness (QED) is 0.734. The number of fused-ring (bicyclic) bond motifs is 1. The summed E-state index contributed by atoms with van der Waals surface area (Å²) in [6.45, 7) is 3.46. The van der Waals surface area contributed by atoms with Gasteiger partial charge < -0.3 is 19.5 Å². The van der Waals surface area contributed by atoms with Crippen LogP contribution in [0.4, 0.5) is 4.79 Å². The van der Waals surface area contributed by atoms with Gasteiger partial charge in [0.2, 0.25) is 0 Å². The molecule has 0 saturated carbocycles. The molecule has 8 nitrogen and oxygen atoms in total. The molecule has 0 radical (unpaired) electrons. The van der Waals surface area contributed by atoms with E-state index in [2.05, 4.69) is 5.32 Å². The molecule has 2 aromatic carbocycles. The van der Waals surface area contributed by atoms with Crippen LogP contribution in [0.5, 0.6) is 11.5 Å². The van der Waals surface area contributed by atoms with Crippen LogP contribution in [0.25, 0.3) is 0 Å². The zero-order valence-corrected chi connectivity index (χ0v) is 17.4. The van der Waals surface area contributed by atoms with Gasteiger partial charge in [-0.25, -0.2) is 9.69 Å². The minimum Gasteiger partial charge on any atom is -0.483 e. The van der Waals surface area contributed by atoms with Gasteiger partial charge in [-0.1, -0.05) is 42.5 Å². The highest BCUT2D eigenvalue weighted by atomic mass is 16.6. The zero-order chi connectivity index (χ0) is 22.0. The summed E-state index contributed by atoms with van der Waals surface area (Å²) in [4.78, 5) is 37.4. The second-order valence-corrected chi connectivity index (χ2v) is 8.16. The standard InChI is InChI=1S/C23H24N2O6/c1-23(2)11-16-9-6-10-18(21(16)31-23)29-13-19(26)24-17(15-7-4-3-5-8-15)12-25-20(27)14-30-22(25)28/h3-10,17H,11-14H2,1-2H3,(H,24,26). The topological polar surface area (TPSA) is 94.2 Å². The third-order valence-electron chi connectivity index (χ3n) is 5.16. The number of benzene rings is 2. The van der Waals surface area contributed by atoms with Gasteiger partial charge >= 0.3 is 6.09 Å². The first-order chi connectivity index (χ1) is 14.8. The molecule has 0 aromatic heterocycles. The van der Waals surface area contributed by atoms with Gasteiger partial charge in [-0.3, -0.25) is 9.59 Å². The number of amides is 3. The number of carbonyl (C=O) groups excluding carboxylic acids is 3. The lowest BCUT2D eigenvalue weighted by Crippen LogP contribution is -2.41. The van der Waals surface area contributed by atoms with Crippen molar-refractivity contribution in [1.29, 1.82) is 0 Å². The molecular weight excluding hydrogens is 400 g/mol. The number of imide groups is 1. The number of carbonyl (C=O) groups is 3. The second-order valence-electron chi connectivity index (χ2n) is 8.16. The van der Waals surface area contributed by atoms with E-state index < -0.39 is 18.0 Å². The highest BCUT2D eigenvalue weighted by Crippen LogP contribution is 2.41. The Labute approximate surface area is 180 Å². The fraction of sp³-hybridized carbons (Fsp3) is 0.348. The van der Waals surface area contributed by atoms with Crippen LogP contribution in [0.3, 0.4) is 0 Å². The summed E-state index contributed by atoms with van der Waals surface area (Å²) in [6, 6.07) is 14.1. The molecule has 0 spiro atoms. The molecule has 162 valence electrons. The predicted molar refractivity (Wildman–Crippen MR) is 111 cm³/mol. The summed E-state index contributed by atoms with van der Waals surface area (Å²) in [5.41, 5.74) is 1.48. The first-order valence-electron chi connectivity index (χ1n) is 10.1. The van der Waals surface area contributed by atoms with Crippen molar-refractivity contribution < 1.29 is 28.6 Å². The lowest BCUT2D eigenvalue weighted by atomic mass is 10.0. The number of nitrogens with one attached hydrogen (secondary N) is 1. The van der Waals surface area contributed by atoms with E-state index in [1.54, 1.807) is 6.07 Å². The van der Waals surface area contributed by atoms with Gasteiger partial charge in [0.25, 0.3) is 11.8 Å². The fourth-order valence-electron chi connectivity index (χ4n) is 3.74. The molecule has 3 amide bonds. The van der Waals surface area contributed by atoms with E-state index in [4.69, 9.17) is 14.2 Å². The van der Waals surface area contributed by atoms with Gasteiger partial charge in [0.1, 0.15) is 5.60 Å². The molecule has 1 fully saturated rings. The van der Waals surface area contributed by atoms with Crippen molar-refractivity contribution in [2.75, 3.05) is 19.8 Å². The number of nitrogens with zero attached hydrogens (tertiary/aromatic N) is 1. The van der Waals surface area contributed by atoms with Crippen molar-refractivity contribution in [3.8, 4) is 11.5 Å². The average molecular weight is 424 g/mol. The summed E-state index contributed by atoms with van der Waals surface area (Å²) >= 11 is 0. The van der Waals surface area contributed by atoms with Crippen LogP contribution in [0.1, 0.15) is 31.0 Å². The summed E-state index contributed by atoms with van der Waals surface area (Å²) in [7, 11) is 0. The summed E-state index contributed by atoms with van der Waals surface area (Å²) in [5, 5.41) is 2.85. The number of para-hydroxylation sites is 1. The van der Waals surface area contributed by atoms with Crippen molar-refractivity contribution in [1.82, 2.24) is 10.2 Å². The maximum atomic E-state index is 12.7. The number of ether oxygens (including phenoxy) is 3. The molecule has 1 saturated heterocycles. The molecule has 0 aliphatic carbocycles. The molecule has 2 aliphatic heterocycles. The Morgan fingerprint density at radius 1 is 1.16 bits per heavy atom. The van der Waals surface area contributed by atoms with Gasteiger partial charge in [-0.15, -0.1) is 0 Å². The predicted octanol–water partition coefficient (Wildman–Crippen LogP) is 2.62. The third-order valence-corrected chi connectivity index (χ3v) is 5.16. The highest BCUT2D eigenvalue weighted by Gasteiger charge is 2.34. The molecule has 2 heterocycles. The molecule has 31 heavy (non-hydrogen) atoms. The lowest BCUT2D eigenvalue weighted by Gasteiger charge is -2.23. The van der Waals surface area contributed by atoms with E-state index in [0.717, 1.165) is 22.4 Å². The minimum absolute atomic E-state index is 0.0224. The molecule has 2 aromatic rings. The molecule has 8 heteroatoms. The van der Waals surface area contributed by atoms with E-state index in [0.29, 0.717) is 11.5 Å². The number of hydrogen-bond acceptors (Lipinski definition) is 6.